The number of rotatable bonds is 2. The van der Waals surface area contributed by atoms with Crippen LogP contribution in [0.5, 0.6) is 11.5 Å². The van der Waals surface area contributed by atoms with E-state index in [9.17, 15) is 8.78 Å². The monoisotopic (exact) mass is 268 g/mol. The third-order valence-corrected chi connectivity index (χ3v) is 2.75. The normalized spacial score (nSPS) is 13.8. The molecule has 0 fully saturated rings. The predicted molar refractivity (Wildman–Crippen MR) is 62.3 cm³/mol. The Labute approximate surface area is 106 Å². The standard InChI is InChI=1S/C12H10F2N2O3/c13-12(14)7-4-10-9(17-1-2-18-10)3-6(7)8-5-11(15)19-16-8/h3-5,12H,1-2,15H2. The van der Waals surface area contributed by atoms with Gasteiger partial charge < -0.3 is 19.7 Å². The van der Waals surface area contributed by atoms with Crippen LogP contribution >= 0.6 is 0 Å². The minimum Gasteiger partial charge on any atom is -0.486 e. The van der Waals surface area contributed by atoms with Crippen LogP contribution in [0.4, 0.5) is 14.7 Å². The molecule has 1 aliphatic rings. The van der Waals surface area contributed by atoms with E-state index in [1.807, 2.05) is 0 Å². The average Bonchev–Trinajstić information content (AvgIpc) is 2.83. The van der Waals surface area contributed by atoms with E-state index in [-0.39, 0.29) is 22.7 Å². The SMILES string of the molecule is Nc1cc(-c2cc3c(cc2C(F)F)OCCO3)no1. The third kappa shape index (κ3) is 2.07. The van der Waals surface area contributed by atoms with Gasteiger partial charge in [0.2, 0.25) is 5.88 Å². The lowest BCUT2D eigenvalue weighted by Gasteiger charge is -2.20. The summed E-state index contributed by atoms with van der Waals surface area (Å²) >= 11 is 0. The van der Waals surface area contributed by atoms with Crippen molar-refractivity contribution in [3.63, 3.8) is 0 Å². The highest BCUT2D eigenvalue weighted by molar-refractivity contribution is 5.70. The van der Waals surface area contributed by atoms with Crippen LogP contribution in [0.2, 0.25) is 0 Å². The van der Waals surface area contributed by atoms with Gasteiger partial charge in [0.25, 0.3) is 6.43 Å². The highest BCUT2D eigenvalue weighted by Gasteiger charge is 2.23. The van der Waals surface area contributed by atoms with Crippen LogP contribution in [0.25, 0.3) is 11.3 Å². The molecular weight excluding hydrogens is 258 g/mol. The summed E-state index contributed by atoms with van der Waals surface area (Å²) in [5, 5.41) is 3.65. The molecule has 2 heterocycles. The van der Waals surface area contributed by atoms with Gasteiger partial charge in [-0.2, -0.15) is 0 Å². The molecule has 0 aliphatic carbocycles. The lowest BCUT2D eigenvalue weighted by Crippen LogP contribution is -2.15. The van der Waals surface area contributed by atoms with Crippen molar-refractivity contribution in [2.45, 2.75) is 6.43 Å². The maximum absolute atomic E-state index is 13.1. The first-order chi connectivity index (χ1) is 9.15. The van der Waals surface area contributed by atoms with E-state index in [1.165, 1.54) is 18.2 Å². The smallest absolute Gasteiger partial charge is 0.264 e. The van der Waals surface area contributed by atoms with Crippen molar-refractivity contribution in [1.29, 1.82) is 0 Å². The fraction of sp³-hybridized carbons (Fsp3) is 0.250. The maximum Gasteiger partial charge on any atom is 0.264 e. The number of nitrogens with two attached hydrogens (primary N) is 1. The molecule has 0 unspecified atom stereocenters. The van der Waals surface area contributed by atoms with Crippen LogP contribution < -0.4 is 15.2 Å². The first-order valence-corrected chi connectivity index (χ1v) is 5.59. The summed E-state index contributed by atoms with van der Waals surface area (Å²) in [6.07, 6.45) is -2.66. The molecule has 0 spiro atoms. The molecule has 0 saturated heterocycles. The van der Waals surface area contributed by atoms with Gasteiger partial charge in [0.05, 0.1) is 0 Å². The highest BCUT2D eigenvalue weighted by Crippen LogP contribution is 2.41. The van der Waals surface area contributed by atoms with Crippen molar-refractivity contribution >= 4 is 5.88 Å². The van der Waals surface area contributed by atoms with Crippen molar-refractivity contribution in [3.05, 3.63) is 23.8 Å². The van der Waals surface area contributed by atoms with Crippen molar-refractivity contribution in [1.82, 2.24) is 5.16 Å². The second-order valence-corrected chi connectivity index (χ2v) is 4.00. The number of anilines is 1. The Morgan fingerprint density at radius 2 is 1.79 bits per heavy atom. The summed E-state index contributed by atoms with van der Waals surface area (Å²) in [4.78, 5) is 0. The van der Waals surface area contributed by atoms with Crippen molar-refractivity contribution in [3.8, 4) is 22.8 Å². The van der Waals surface area contributed by atoms with E-state index >= 15 is 0 Å². The van der Waals surface area contributed by atoms with Crippen LogP contribution in [0, 0.1) is 0 Å². The van der Waals surface area contributed by atoms with Crippen molar-refractivity contribution in [2.24, 2.45) is 0 Å². The van der Waals surface area contributed by atoms with E-state index in [0.717, 1.165) is 0 Å². The number of alkyl halides is 2. The molecule has 2 N–H and O–H groups in total. The first kappa shape index (κ1) is 11.8. The maximum atomic E-state index is 13.1. The molecule has 0 bridgehead atoms. The Kier molecular flexibility index (Phi) is 2.73. The second-order valence-electron chi connectivity index (χ2n) is 4.00. The van der Waals surface area contributed by atoms with Crippen molar-refractivity contribution in [2.75, 3.05) is 18.9 Å². The molecule has 100 valence electrons. The zero-order valence-electron chi connectivity index (χ0n) is 9.73. The van der Waals surface area contributed by atoms with Crippen LogP contribution in [-0.2, 0) is 0 Å². The molecule has 19 heavy (non-hydrogen) atoms. The minimum atomic E-state index is -2.66. The number of hydrogen-bond donors (Lipinski definition) is 1. The van der Waals surface area contributed by atoms with E-state index < -0.39 is 6.43 Å². The predicted octanol–water partition coefficient (Wildman–Crippen LogP) is 2.63. The summed E-state index contributed by atoms with van der Waals surface area (Å²) in [5.74, 6) is 0.777. The molecule has 1 aromatic heterocycles. The fourth-order valence-electron chi connectivity index (χ4n) is 1.92. The number of hydrogen-bond acceptors (Lipinski definition) is 5. The second kappa shape index (κ2) is 4.42. The van der Waals surface area contributed by atoms with Crippen LogP contribution in [0.15, 0.2) is 22.7 Å². The Morgan fingerprint density at radius 3 is 2.37 bits per heavy atom. The van der Waals surface area contributed by atoms with E-state index in [0.29, 0.717) is 24.7 Å². The zero-order valence-corrected chi connectivity index (χ0v) is 9.73. The van der Waals surface area contributed by atoms with Crippen LogP contribution in [-0.4, -0.2) is 18.4 Å². The molecule has 5 nitrogen and oxygen atoms in total. The summed E-state index contributed by atoms with van der Waals surface area (Å²) in [5.41, 5.74) is 5.67. The van der Waals surface area contributed by atoms with Gasteiger partial charge in [0.15, 0.2) is 11.5 Å². The fourth-order valence-corrected chi connectivity index (χ4v) is 1.92. The molecular formula is C12H10F2N2O3. The van der Waals surface area contributed by atoms with E-state index in [1.54, 1.807) is 0 Å². The number of nitrogens with zero attached hydrogens (tertiary/aromatic N) is 1. The number of benzene rings is 1. The van der Waals surface area contributed by atoms with Gasteiger partial charge in [-0.3, -0.25) is 0 Å². The topological polar surface area (TPSA) is 70.5 Å². The Bertz CT molecular complexity index is 613. The molecule has 0 amide bonds. The Morgan fingerprint density at radius 1 is 1.11 bits per heavy atom. The number of fused-ring (bicyclic) bond motifs is 1. The number of aromatic nitrogens is 1. The molecule has 1 aliphatic heterocycles. The molecule has 0 atom stereocenters. The van der Waals surface area contributed by atoms with Crippen LogP contribution in [0.1, 0.15) is 12.0 Å². The van der Waals surface area contributed by atoms with E-state index in [2.05, 4.69) is 5.16 Å². The Balaban J connectivity index is 2.16. The van der Waals surface area contributed by atoms with Gasteiger partial charge in [-0.15, -0.1) is 0 Å². The van der Waals surface area contributed by atoms with Gasteiger partial charge >= 0.3 is 0 Å². The zero-order chi connectivity index (χ0) is 13.4. The minimum absolute atomic E-state index is 0.0603. The van der Waals surface area contributed by atoms with Gasteiger partial charge in [-0.05, 0) is 12.1 Å². The molecule has 2 aromatic rings. The van der Waals surface area contributed by atoms with Crippen molar-refractivity contribution < 1.29 is 22.8 Å². The van der Waals surface area contributed by atoms with Gasteiger partial charge in [-0.25, -0.2) is 8.78 Å². The molecule has 3 rings (SSSR count). The van der Waals surface area contributed by atoms with Gasteiger partial charge in [-0.1, -0.05) is 5.16 Å². The largest absolute Gasteiger partial charge is 0.486 e. The highest BCUT2D eigenvalue weighted by atomic mass is 19.3. The number of halogens is 2. The first-order valence-electron chi connectivity index (χ1n) is 5.59. The lowest BCUT2D eigenvalue weighted by atomic mass is 10.0. The van der Waals surface area contributed by atoms with E-state index in [4.69, 9.17) is 19.7 Å². The lowest BCUT2D eigenvalue weighted by molar-refractivity contribution is 0.147. The summed E-state index contributed by atoms with van der Waals surface area (Å²) in [6, 6.07) is 4.12. The molecule has 7 heteroatoms. The van der Waals surface area contributed by atoms with Crippen LogP contribution in [0.3, 0.4) is 0 Å². The number of nitrogen functional groups attached to an aromatic ring is 1. The third-order valence-electron chi connectivity index (χ3n) is 2.75. The molecule has 1 aromatic carbocycles. The summed E-state index contributed by atoms with van der Waals surface area (Å²) in [6.45, 7) is 0.716. The summed E-state index contributed by atoms with van der Waals surface area (Å²) in [7, 11) is 0. The molecule has 0 radical (unpaired) electrons. The molecule has 0 saturated carbocycles. The Hall–Kier alpha value is -2.31. The quantitative estimate of drug-likeness (QED) is 0.906. The number of ether oxygens (including phenoxy) is 2. The average molecular weight is 268 g/mol. The van der Waals surface area contributed by atoms with Gasteiger partial charge in [0, 0.05) is 17.2 Å². The van der Waals surface area contributed by atoms with Gasteiger partial charge in [0.1, 0.15) is 18.9 Å². The summed E-state index contributed by atoms with van der Waals surface area (Å²) < 4.78 is 41.6.